The van der Waals surface area contributed by atoms with E-state index in [-0.39, 0.29) is 57.0 Å². The lowest BCUT2D eigenvalue weighted by molar-refractivity contribution is 0.0691. The van der Waals surface area contributed by atoms with Crippen LogP contribution in [0.25, 0.3) is 11.0 Å². The number of nitrogens with zero attached hydrogens (tertiary/aromatic N) is 5. The average Bonchev–Trinajstić information content (AvgIpc) is 3.25. The molecule has 0 saturated heterocycles. The van der Waals surface area contributed by atoms with Gasteiger partial charge in [-0.25, -0.2) is 36.4 Å². The number of carboxylic acids is 1. The number of benzene rings is 1. The number of hydrogen-bond donors (Lipinski definition) is 2. The maximum Gasteiger partial charge on any atom is 0.338 e. The molecule has 1 aromatic carbocycles. The van der Waals surface area contributed by atoms with Crippen molar-refractivity contribution < 1.29 is 36.2 Å². The maximum absolute atomic E-state index is 14.7. The van der Waals surface area contributed by atoms with Crippen LogP contribution in [-0.2, 0) is 16.4 Å². The number of alkyl halides is 2. The van der Waals surface area contributed by atoms with Gasteiger partial charge in [0.15, 0.2) is 14.9 Å². The highest BCUT2D eigenvalue weighted by atomic mass is 32.2. The molecule has 0 aliphatic rings. The van der Waals surface area contributed by atoms with E-state index in [0.717, 1.165) is 10.6 Å². The van der Waals surface area contributed by atoms with Gasteiger partial charge in [0.2, 0.25) is 5.95 Å². The van der Waals surface area contributed by atoms with Gasteiger partial charge in [0.05, 0.1) is 42.0 Å². The summed E-state index contributed by atoms with van der Waals surface area (Å²) < 4.78 is 73.9. The molecule has 0 saturated carbocycles. The quantitative estimate of drug-likeness (QED) is 0.314. The number of carboxylic acid groups (broad SMARTS) is 1. The summed E-state index contributed by atoms with van der Waals surface area (Å²) in [4.78, 5) is 27.7. The Balaban J connectivity index is 1.84. The van der Waals surface area contributed by atoms with Crippen LogP contribution in [0.4, 0.5) is 24.8 Å². The van der Waals surface area contributed by atoms with E-state index in [9.17, 15) is 31.5 Å². The van der Waals surface area contributed by atoms with Crippen molar-refractivity contribution in [3.63, 3.8) is 0 Å². The van der Waals surface area contributed by atoms with Gasteiger partial charge in [-0.2, -0.15) is 4.98 Å². The normalized spacial score (nSPS) is 11.8. The van der Waals surface area contributed by atoms with E-state index in [4.69, 9.17) is 4.74 Å². The zero-order chi connectivity index (χ0) is 27.8. The van der Waals surface area contributed by atoms with Crippen LogP contribution in [0.3, 0.4) is 0 Å². The van der Waals surface area contributed by atoms with E-state index in [1.54, 1.807) is 0 Å². The third kappa shape index (κ3) is 4.83. The van der Waals surface area contributed by atoms with Gasteiger partial charge in [0, 0.05) is 29.5 Å². The molecule has 0 aliphatic carbocycles. The summed E-state index contributed by atoms with van der Waals surface area (Å²) in [5, 5.41) is 11.9. The number of nitrogens with one attached hydrogen (secondary N) is 1. The fourth-order valence-corrected chi connectivity index (χ4v) is 4.79. The number of sulfone groups is 1. The molecule has 15 heteroatoms. The first-order valence-corrected chi connectivity index (χ1v) is 12.7. The number of ether oxygens (including phenoxy) is 1. The first kappa shape index (κ1) is 26.8. The number of hydrogen-bond acceptors (Lipinski definition) is 9. The van der Waals surface area contributed by atoms with E-state index in [0.29, 0.717) is 0 Å². The van der Waals surface area contributed by atoms with Crippen LogP contribution >= 0.6 is 0 Å². The average molecular weight is 551 g/mol. The first-order valence-electron chi connectivity index (χ1n) is 11.0. The van der Waals surface area contributed by atoms with Crippen LogP contribution < -0.4 is 10.1 Å². The van der Waals surface area contributed by atoms with E-state index in [1.807, 2.05) is 0 Å². The van der Waals surface area contributed by atoms with Crippen LogP contribution in [0.15, 0.2) is 35.7 Å². The zero-order valence-corrected chi connectivity index (χ0v) is 21.1. The summed E-state index contributed by atoms with van der Waals surface area (Å²) in [5.74, 6) is -2.90. The number of anilines is 2. The van der Waals surface area contributed by atoms with Crippen molar-refractivity contribution in [3.05, 3.63) is 59.1 Å². The summed E-state index contributed by atoms with van der Waals surface area (Å²) in [6.07, 6.45) is 0.771. The highest BCUT2D eigenvalue weighted by Gasteiger charge is 2.25. The van der Waals surface area contributed by atoms with Gasteiger partial charge in [-0.05, 0) is 19.1 Å². The van der Waals surface area contributed by atoms with E-state index in [2.05, 4.69) is 25.3 Å². The molecule has 0 bridgehead atoms. The molecule has 0 radical (unpaired) electrons. The number of aromatic nitrogens is 5. The first-order chi connectivity index (χ1) is 18.0. The van der Waals surface area contributed by atoms with Crippen molar-refractivity contribution in [1.29, 1.82) is 0 Å². The number of methoxy groups -OCH3 is 1. The summed E-state index contributed by atoms with van der Waals surface area (Å²) >= 11 is 0. The second kappa shape index (κ2) is 10.2. The number of fused-ring (bicyclic) bond motifs is 1. The van der Waals surface area contributed by atoms with Gasteiger partial charge < -0.3 is 19.7 Å². The van der Waals surface area contributed by atoms with Crippen molar-refractivity contribution in [1.82, 2.24) is 24.5 Å². The SMILES string of the molecule is CCS(=O)(=O)c1nccnc1Cn1c(C(F)F)cc2cnc(Nc3c(OC)cc(C(=O)O)c(F)c3C)nc21. The molecular weight excluding hydrogens is 529 g/mol. The smallest absolute Gasteiger partial charge is 0.338 e. The molecule has 0 unspecified atom stereocenters. The Labute approximate surface area is 214 Å². The highest BCUT2D eigenvalue weighted by molar-refractivity contribution is 7.91. The van der Waals surface area contributed by atoms with Crippen molar-refractivity contribution in [3.8, 4) is 5.75 Å². The minimum absolute atomic E-state index is 0.0115. The monoisotopic (exact) mass is 550 g/mol. The standard InChI is InChI=1S/C23H21F3N6O5S/c1-4-38(35,36)21-14(27-5-6-28-21)10-32-15(19(25)26)7-12-9-29-23(31-20(12)32)30-18-11(2)17(24)13(22(33)34)8-16(18)37-3/h5-9,19H,4,10H2,1-3H3,(H,33,34)(H,29,30,31). The second-order valence-corrected chi connectivity index (χ2v) is 10.2. The van der Waals surface area contributed by atoms with Gasteiger partial charge in [0.25, 0.3) is 6.43 Å². The van der Waals surface area contributed by atoms with Crippen LogP contribution in [-0.4, -0.2) is 56.9 Å². The molecule has 200 valence electrons. The largest absolute Gasteiger partial charge is 0.495 e. The second-order valence-electron chi connectivity index (χ2n) is 8.01. The molecule has 0 spiro atoms. The van der Waals surface area contributed by atoms with Gasteiger partial charge in [-0.3, -0.25) is 4.98 Å². The number of carbonyl (C=O) groups is 1. The van der Waals surface area contributed by atoms with E-state index in [1.165, 1.54) is 45.6 Å². The van der Waals surface area contributed by atoms with Crippen LogP contribution in [0.5, 0.6) is 5.75 Å². The molecular formula is C23H21F3N6O5S. The topological polar surface area (TPSA) is 149 Å². The lowest BCUT2D eigenvalue weighted by Gasteiger charge is -2.15. The maximum atomic E-state index is 14.7. The minimum atomic E-state index is -3.80. The molecule has 0 aliphatic heterocycles. The lowest BCUT2D eigenvalue weighted by Crippen LogP contribution is -2.15. The molecule has 4 aromatic rings. The van der Waals surface area contributed by atoms with Gasteiger partial charge in [0.1, 0.15) is 17.2 Å². The summed E-state index contributed by atoms with van der Waals surface area (Å²) in [7, 11) is -2.54. The van der Waals surface area contributed by atoms with Crippen LogP contribution in [0, 0.1) is 12.7 Å². The summed E-state index contributed by atoms with van der Waals surface area (Å²) in [5.41, 5.74) is -1.15. The van der Waals surface area contributed by atoms with E-state index < -0.39 is 39.3 Å². The molecule has 0 fully saturated rings. The molecule has 2 N–H and O–H groups in total. The van der Waals surface area contributed by atoms with Gasteiger partial charge in [-0.15, -0.1) is 0 Å². The van der Waals surface area contributed by atoms with Crippen molar-refractivity contribution >= 4 is 38.5 Å². The Bertz CT molecular complexity index is 1660. The highest BCUT2D eigenvalue weighted by Crippen LogP contribution is 2.35. The third-order valence-corrected chi connectivity index (χ3v) is 7.45. The summed E-state index contributed by atoms with van der Waals surface area (Å²) in [6, 6.07) is 2.16. The number of rotatable bonds is 9. The van der Waals surface area contributed by atoms with Crippen molar-refractivity contribution in [2.45, 2.75) is 31.8 Å². The Morgan fingerprint density at radius 2 is 1.92 bits per heavy atom. The Morgan fingerprint density at radius 3 is 2.55 bits per heavy atom. The fraction of sp³-hybridized carbons (Fsp3) is 0.261. The molecule has 0 amide bonds. The lowest BCUT2D eigenvalue weighted by atomic mass is 10.1. The van der Waals surface area contributed by atoms with Crippen molar-refractivity contribution in [2.75, 3.05) is 18.2 Å². The molecule has 3 aromatic heterocycles. The van der Waals surface area contributed by atoms with Gasteiger partial charge in [-0.1, -0.05) is 6.92 Å². The number of halogens is 3. The van der Waals surface area contributed by atoms with E-state index >= 15 is 0 Å². The third-order valence-electron chi connectivity index (χ3n) is 5.76. The zero-order valence-electron chi connectivity index (χ0n) is 20.2. The predicted molar refractivity (Wildman–Crippen MR) is 129 cm³/mol. The molecule has 3 heterocycles. The summed E-state index contributed by atoms with van der Waals surface area (Å²) in [6.45, 7) is 2.37. The molecule has 38 heavy (non-hydrogen) atoms. The van der Waals surface area contributed by atoms with Crippen LogP contribution in [0.1, 0.15) is 40.7 Å². The Hall–Kier alpha value is -4.27. The Morgan fingerprint density at radius 1 is 1.21 bits per heavy atom. The van der Waals surface area contributed by atoms with Crippen molar-refractivity contribution in [2.24, 2.45) is 0 Å². The minimum Gasteiger partial charge on any atom is -0.495 e. The Kier molecular flexibility index (Phi) is 7.22. The predicted octanol–water partition coefficient (Wildman–Crippen LogP) is 3.90. The number of aromatic carboxylic acids is 1. The molecule has 0 atom stereocenters. The van der Waals surface area contributed by atoms with Crippen LogP contribution in [0.2, 0.25) is 0 Å². The van der Waals surface area contributed by atoms with Gasteiger partial charge >= 0.3 is 5.97 Å². The molecule has 4 rings (SSSR count). The molecule has 11 nitrogen and oxygen atoms in total. The fourth-order valence-electron chi connectivity index (χ4n) is 3.82.